The van der Waals surface area contributed by atoms with Crippen molar-refractivity contribution in [3.05, 3.63) is 46.9 Å². The van der Waals surface area contributed by atoms with Gasteiger partial charge in [-0.2, -0.15) is 0 Å². The Morgan fingerprint density at radius 2 is 2.22 bits per heavy atom. The molecule has 0 saturated carbocycles. The summed E-state index contributed by atoms with van der Waals surface area (Å²) in [6.07, 6.45) is 3.46. The topological polar surface area (TPSA) is 80.9 Å². The van der Waals surface area contributed by atoms with E-state index >= 15 is 0 Å². The van der Waals surface area contributed by atoms with E-state index in [0.717, 1.165) is 22.5 Å². The minimum absolute atomic E-state index is 0.133. The molecular formula is C16H16N4O2S. The summed E-state index contributed by atoms with van der Waals surface area (Å²) in [5, 5.41) is 9.21. The highest BCUT2D eigenvalue weighted by Gasteiger charge is 2.23. The summed E-state index contributed by atoms with van der Waals surface area (Å²) < 4.78 is 5.13. The predicted molar refractivity (Wildman–Crippen MR) is 88.4 cm³/mol. The van der Waals surface area contributed by atoms with Crippen molar-refractivity contribution < 1.29 is 9.32 Å². The Bertz CT molecular complexity index is 806. The van der Waals surface area contributed by atoms with Gasteiger partial charge in [0.05, 0.1) is 17.3 Å². The number of aryl methyl sites for hydroxylation is 2. The molecule has 118 valence electrons. The van der Waals surface area contributed by atoms with Gasteiger partial charge in [0, 0.05) is 28.9 Å². The van der Waals surface area contributed by atoms with Crippen molar-refractivity contribution in [1.29, 1.82) is 0 Å². The van der Waals surface area contributed by atoms with Crippen LogP contribution in [0.25, 0.3) is 11.3 Å². The molecule has 6 nitrogen and oxygen atoms in total. The Labute approximate surface area is 137 Å². The molecule has 0 spiro atoms. The average Bonchev–Trinajstić information content (AvgIpc) is 3.14. The van der Waals surface area contributed by atoms with Crippen LogP contribution in [0.1, 0.15) is 29.9 Å². The lowest BCUT2D eigenvalue weighted by Gasteiger charge is -2.10. The predicted octanol–water partition coefficient (Wildman–Crippen LogP) is 3.55. The summed E-state index contributed by atoms with van der Waals surface area (Å²) in [5.74, 6) is 0.179. The van der Waals surface area contributed by atoms with E-state index in [9.17, 15) is 4.79 Å². The molecule has 1 amide bonds. The van der Waals surface area contributed by atoms with Crippen molar-refractivity contribution >= 4 is 22.4 Å². The molecule has 0 aliphatic carbocycles. The zero-order valence-electron chi connectivity index (χ0n) is 13.0. The maximum absolute atomic E-state index is 12.4. The van der Waals surface area contributed by atoms with Crippen LogP contribution in [-0.4, -0.2) is 21.0 Å². The number of pyridine rings is 1. The van der Waals surface area contributed by atoms with Crippen LogP contribution < -0.4 is 5.32 Å². The second-order valence-electron chi connectivity index (χ2n) is 5.23. The molecule has 0 radical (unpaired) electrons. The zero-order valence-corrected chi connectivity index (χ0v) is 13.8. The Morgan fingerprint density at radius 1 is 1.39 bits per heavy atom. The Hall–Kier alpha value is -2.54. The minimum Gasteiger partial charge on any atom is -0.361 e. The third-order valence-corrected chi connectivity index (χ3v) is 4.36. The molecule has 0 aromatic carbocycles. The van der Waals surface area contributed by atoms with Crippen molar-refractivity contribution in [3.63, 3.8) is 0 Å². The molecule has 1 N–H and O–H groups in total. The Balaban J connectivity index is 1.75. The third kappa shape index (κ3) is 3.14. The number of nitrogens with one attached hydrogen (secondary N) is 1. The van der Waals surface area contributed by atoms with E-state index in [1.807, 2.05) is 38.3 Å². The SMILES string of the molecule is Cc1noc(C)c1C(C)C(=O)Nc1nc(-c2cccnc2)cs1. The van der Waals surface area contributed by atoms with Gasteiger partial charge in [0.25, 0.3) is 0 Å². The van der Waals surface area contributed by atoms with Gasteiger partial charge in [-0.1, -0.05) is 5.16 Å². The number of hydrogen-bond acceptors (Lipinski definition) is 6. The number of aromatic nitrogens is 3. The minimum atomic E-state index is -0.355. The van der Waals surface area contributed by atoms with Crippen LogP contribution in [0.15, 0.2) is 34.4 Å². The number of hydrogen-bond donors (Lipinski definition) is 1. The fourth-order valence-corrected chi connectivity index (χ4v) is 3.15. The van der Waals surface area contributed by atoms with Crippen LogP contribution in [0, 0.1) is 13.8 Å². The van der Waals surface area contributed by atoms with E-state index < -0.39 is 0 Å². The highest BCUT2D eigenvalue weighted by molar-refractivity contribution is 7.14. The fraction of sp³-hybridized carbons (Fsp3) is 0.250. The standard InChI is InChI=1S/C16H16N4O2S/c1-9(14-10(2)20-22-11(14)3)15(21)19-16-18-13(8-23-16)12-5-4-6-17-7-12/h4-9H,1-3H3,(H,18,19,21). The second kappa shape index (κ2) is 6.29. The van der Waals surface area contributed by atoms with Gasteiger partial charge in [-0.3, -0.25) is 9.78 Å². The van der Waals surface area contributed by atoms with E-state index in [-0.39, 0.29) is 11.8 Å². The average molecular weight is 328 g/mol. The number of carbonyl (C=O) groups excluding carboxylic acids is 1. The molecule has 0 aliphatic heterocycles. The van der Waals surface area contributed by atoms with Crippen LogP contribution in [0.3, 0.4) is 0 Å². The van der Waals surface area contributed by atoms with Crippen molar-refractivity contribution in [2.45, 2.75) is 26.7 Å². The summed E-state index contributed by atoms with van der Waals surface area (Å²) in [6, 6.07) is 3.78. The summed E-state index contributed by atoms with van der Waals surface area (Å²) in [5.41, 5.74) is 3.28. The van der Waals surface area contributed by atoms with Crippen molar-refractivity contribution in [2.24, 2.45) is 0 Å². The van der Waals surface area contributed by atoms with Gasteiger partial charge in [0.15, 0.2) is 5.13 Å². The molecular weight excluding hydrogens is 312 g/mol. The highest BCUT2D eigenvalue weighted by atomic mass is 32.1. The molecule has 23 heavy (non-hydrogen) atoms. The molecule has 3 heterocycles. The summed E-state index contributed by atoms with van der Waals surface area (Å²) in [6.45, 7) is 5.47. The molecule has 3 aromatic heterocycles. The normalized spacial score (nSPS) is 12.1. The quantitative estimate of drug-likeness (QED) is 0.792. The maximum Gasteiger partial charge on any atom is 0.233 e. The van der Waals surface area contributed by atoms with E-state index in [2.05, 4.69) is 20.4 Å². The molecule has 1 atom stereocenters. The Morgan fingerprint density at radius 3 is 2.87 bits per heavy atom. The number of carbonyl (C=O) groups is 1. The van der Waals surface area contributed by atoms with Gasteiger partial charge in [0.2, 0.25) is 5.91 Å². The first-order valence-corrected chi connectivity index (χ1v) is 8.03. The largest absolute Gasteiger partial charge is 0.361 e. The first kappa shape index (κ1) is 15.4. The van der Waals surface area contributed by atoms with Gasteiger partial charge in [-0.15, -0.1) is 11.3 Å². The van der Waals surface area contributed by atoms with Gasteiger partial charge in [-0.25, -0.2) is 4.98 Å². The summed E-state index contributed by atoms with van der Waals surface area (Å²) in [7, 11) is 0. The lowest BCUT2D eigenvalue weighted by molar-refractivity contribution is -0.117. The molecule has 0 bridgehead atoms. The van der Waals surface area contributed by atoms with E-state index in [0.29, 0.717) is 10.9 Å². The van der Waals surface area contributed by atoms with Crippen LogP contribution in [-0.2, 0) is 4.79 Å². The van der Waals surface area contributed by atoms with Gasteiger partial charge in [-0.05, 0) is 32.9 Å². The number of anilines is 1. The van der Waals surface area contributed by atoms with Crippen molar-refractivity contribution in [3.8, 4) is 11.3 Å². The van der Waals surface area contributed by atoms with Gasteiger partial charge >= 0.3 is 0 Å². The van der Waals surface area contributed by atoms with Crippen molar-refractivity contribution in [1.82, 2.24) is 15.1 Å². The number of rotatable bonds is 4. The van der Waals surface area contributed by atoms with Crippen LogP contribution in [0.2, 0.25) is 0 Å². The fourth-order valence-electron chi connectivity index (χ4n) is 2.43. The van der Waals surface area contributed by atoms with Gasteiger partial charge in [0.1, 0.15) is 5.76 Å². The third-order valence-electron chi connectivity index (χ3n) is 3.61. The van der Waals surface area contributed by atoms with Crippen LogP contribution >= 0.6 is 11.3 Å². The Kier molecular flexibility index (Phi) is 4.20. The monoisotopic (exact) mass is 328 g/mol. The van der Waals surface area contributed by atoms with Crippen LogP contribution in [0.5, 0.6) is 0 Å². The smallest absolute Gasteiger partial charge is 0.233 e. The number of thiazole rings is 1. The molecule has 0 aliphatic rings. The molecule has 0 saturated heterocycles. The first-order valence-electron chi connectivity index (χ1n) is 7.16. The molecule has 0 fully saturated rings. The molecule has 3 aromatic rings. The van der Waals surface area contributed by atoms with Crippen LogP contribution in [0.4, 0.5) is 5.13 Å². The van der Waals surface area contributed by atoms with E-state index in [4.69, 9.17) is 4.52 Å². The zero-order chi connectivity index (χ0) is 16.4. The summed E-state index contributed by atoms with van der Waals surface area (Å²) in [4.78, 5) is 20.9. The molecule has 3 rings (SSSR count). The van der Waals surface area contributed by atoms with E-state index in [1.54, 1.807) is 12.4 Å². The maximum atomic E-state index is 12.4. The number of amides is 1. The number of nitrogens with zero attached hydrogens (tertiary/aromatic N) is 3. The van der Waals surface area contributed by atoms with Crippen molar-refractivity contribution in [2.75, 3.05) is 5.32 Å². The second-order valence-corrected chi connectivity index (χ2v) is 6.09. The molecule has 1 unspecified atom stereocenters. The first-order chi connectivity index (χ1) is 11.1. The van der Waals surface area contributed by atoms with Gasteiger partial charge < -0.3 is 9.84 Å². The highest BCUT2D eigenvalue weighted by Crippen LogP contribution is 2.27. The lowest BCUT2D eigenvalue weighted by Crippen LogP contribution is -2.19. The van der Waals surface area contributed by atoms with E-state index in [1.165, 1.54) is 11.3 Å². The summed E-state index contributed by atoms with van der Waals surface area (Å²) >= 11 is 1.39. The lowest BCUT2D eigenvalue weighted by atomic mass is 9.99. The molecule has 7 heteroatoms.